The van der Waals surface area contributed by atoms with Gasteiger partial charge in [-0.1, -0.05) is 35.9 Å². The highest BCUT2D eigenvalue weighted by Gasteiger charge is 2.24. The van der Waals surface area contributed by atoms with Crippen LogP contribution in [0.1, 0.15) is 5.56 Å². The first-order valence-corrected chi connectivity index (χ1v) is 11.6. The van der Waals surface area contributed by atoms with Crippen LogP contribution in [-0.4, -0.2) is 27.9 Å². The van der Waals surface area contributed by atoms with Gasteiger partial charge in [-0.05, 0) is 37.3 Å². The van der Waals surface area contributed by atoms with Crippen LogP contribution < -0.4 is 10.9 Å². The fourth-order valence-electron chi connectivity index (χ4n) is 3.64. The first-order valence-electron chi connectivity index (χ1n) is 10.1. The number of benzene rings is 2. The molecule has 0 atom stereocenters. The number of para-hydroxylation sites is 1. The van der Waals surface area contributed by atoms with E-state index in [4.69, 9.17) is 0 Å². The number of nitrogens with zero attached hydrogens (tertiary/aromatic N) is 4. The monoisotopic (exact) mass is 457 g/mol. The van der Waals surface area contributed by atoms with Crippen LogP contribution in [0.4, 0.5) is 11.6 Å². The zero-order valence-corrected chi connectivity index (χ0v) is 18.7. The van der Waals surface area contributed by atoms with Crippen molar-refractivity contribution in [2.24, 2.45) is 7.05 Å². The Balaban J connectivity index is 1.60. The molecule has 0 aliphatic rings. The summed E-state index contributed by atoms with van der Waals surface area (Å²) in [6, 6.07) is 17.2. The summed E-state index contributed by atoms with van der Waals surface area (Å²) in [5.74, 6) is 0.268. The number of aryl methyl sites for hydroxylation is 2. The van der Waals surface area contributed by atoms with E-state index in [0.29, 0.717) is 11.0 Å². The van der Waals surface area contributed by atoms with E-state index < -0.39 is 15.4 Å². The molecule has 3 aromatic heterocycles. The van der Waals surface area contributed by atoms with Gasteiger partial charge in [-0.3, -0.25) is 14.3 Å². The first-order chi connectivity index (χ1) is 15.8. The van der Waals surface area contributed by atoms with Crippen LogP contribution in [0.15, 0.2) is 87.6 Å². The number of sulfone groups is 1. The minimum absolute atomic E-state index is 0.0622. The molecule has 164 valence electrons. The van der Waals surface area contributed by atoms with E-state index in [2.05, 4.69) is 20.3 Å². The maximum absolute atomic E-state index is 13.1. The molecule has 8 nitrogen and oxygen atoms in total. The Labute approximate surface area is 189 Å². The second-order valence-electron chi connectivity index (χ2n) is 7.67. The molecular weight excluding hydrogens is 438 g/mol. The van der Waals surface area contributed by atoms with Crippen LogP contribution in [0.25, 0.3) is 21.9 Å². The highest BCUT2D eigenvalue weighted by Crippen LogP contribution is 2.25. The summed E-state index contributed by atoms with van der Waals surface area (Å²) in [5.41, 5.74) is 2.07. The molecule has 33 heavy (non-hydrogen) atoms. The minimum Gasteiger partial charge on any atom is -0.322 e. The van der Waals surface area contributed by atoms with Crippen LogP contribution in [-0.2, 0) is 16.9 Å². The summed E-state index contributed by atoms with van der Waals surface area (Å²) >= 11 is 0. The fraction of sp³-hybridized carbons (Fsp3) is 0.0833. The Kier molecular flexibility index (Phi) is 4.90. The van der Waals surface area contributed by atoms with Crippen LogP contribution in [0.3, 0.4) is 0 Å². The van der Waals surface area contributed by atoms with E-state index in [0.717, 1.165) is 22.2 Å². The molecular formula is C24H19N5O3S. The zero-order valence-electron chi connectivity index (χ0n) is 17.9. The van der Waals surface area contributed by atoms with Crippen molar-refractivity contribution in [2.75, 3.05) is 5.32 Å². The van der Waals surface area contributed by atoms with Crippen molar-refractivity contribution in [1.29, 1.82) is 0 Å². The van der Waals surface area contributed by atoms with Gasteiger partial charge in [0.15, 0.2) is 0 Å². The predicted molar refractivity (Wildman–Crippen MR) is 126 cm³/mol. The quantitative estimate of drug-likeness (QED) is 0.438. The Hall–Kier alpha value is -4.11. The molecule has 0 aliphatic heterocycles. The van der Waals surface area contributed by atoms with Gasteiger partial charge in [0.2, 0.25) is 15.8 Å². The van der Waals surface area contributed by atoms with Crippen LogP contribution >= 0.6 is 0 Å². The number of nitrogens with one attached hydrogen (secondary N) is 1. The van der Waals surface area contributed by atoms with Gasteiger partial charge in [-0.25, -0.2) is 13.4 Å². The van der Waals surface area contributed by atoms with Crippen LogP contribution in [0, 0.1) is 6.92 Å². The number of rotatable bonds is 4. The fourth-order valence-corrected chi connectivity index (χ4v) is 5.04. The molecule has 2 aromatic carbocycles. The van der Waals surface area contributed by atoms with E-state index in [-0.39, 0.29) is 15.7 Å². The Morgan fingerprint density at radius 2 is 1.70 bits per heavy atom. The summed E-state index contributed by atoms with van der Waals surface area (Å²) in [6.45, 7) is 1.86. The lowest BCUT2D eigenvalue weighted by atomic mass is 10.2. The largest absolute Gasteiger partial charge is 0.322 e. The Morgan fingerprint density at radius 3 is 2.48 bits per heavy atom. The van der Waals surface area contributed by atoms with Crippen molar-refractivity contribution in [1.82, 2.24) is 19.5 Å². The average Bonchev–Trinajstić information content (AvgIpc) is 2.82. The molecule has 0 amide bonds. The molecule has 5 aromatic rings. The second kappa shape index (κ2) is 7.79. The van der Waals surface area contributed by atoms with E-state index in [1.54, 1.807) is 18.3 Å². The third kappa shape index (κ3) is 3.62. The molecule has 0 bridgehead atoms. The van der Waals surface area contributed by atoms with Gasteiger partial charge >= 0.3 is 0 Å². The van der Waals surface area contributed by atoms with Crippen molar-refractivity contribution in [3.63, 3.8) is 0 Å². The molecule has 5 rings (SSSR count). The molecule has 0 fully saturated rings. The SMILES string of the molecule is Cc1ccc(S(=O)(=O)c2cc3cnc(Nc4cccc5cccnc45)nc3n(C)c2=O)cc1. The Bertz CT molecular complexity index is 1690. The maximum Gasteiger partial charge on any atom is 0.271 e. The maximum atomic E-state index is 13.1. The molecule has 0 radical (unpaired) electrons. The van der Waals surface area contributed by atoms with Crippen LogP contribution in [0.2, 0.25) is 0 Å². The van der Waals surface area contributed by atoms with Crippen LogP contribution in [0.5, 0.6) is 0 Å². The third-order valence-corrected chi connectivity index (χ3v) is 7.18. The number of hydrogen-bond acceptors (Lipinski definition) is 7. The van der Waals surface area contributed by atoms with Crippen molar-refractivity contribution < 1.29 is 8.42 Å². The van der Waals surface area contributed by atoms with Gasteiger partial charge in [-0.15, -0.1) is 0 Å². The summed E-state index contributed by atoms with van der Waals surface area (Å²) in [4.78, 5) is 25.9. The van der Waals surface area contributed by atoms with Crippen molar-refractivity contribution >= 4 is 43.4 Å². The number of aromatic nitrogens is 4. The predicted octanol–water partition coefficient (Wildman–Crippen LogP) is 3.76. The lowest BCUT2D eigenvalue weighted by molar-refractivity contribution is 0.593. The lowest BCUT2D eigenvalue weighted by Gasteiger charge is -2.11. The minimum atomic E-state index is -4.00. The standard InChI is InChI=1S/C24H19N5O3S/c1-15-8-10-18(11-9-15)33(31,32)20-13-17-14-26-24(28-22(17)29(2)23(20)30)27-19-7-3-5-16-6-4-12-25-21(16)19/h3-14H,1-2H3,(H,26,27,28). The van der Waals surface area contributed by atoms with Crippen molar-refractivity contribution in [2.45, 2.75) is 16.7 Å². The molecule has 1 N–H and O–H groups in total. The molecule has 9 heteroatoms. The van der Waals surface area contributed by atoms with Gasteiger partial charge in [-0.2, -0.15) is 4.98 Å². The third-order valence-electron chi connectivity index (χ3n) is 5.42. The normalized spacial score (nSPS) is 11.7. The first kappa shape index (κ1) is 20.8. The zero-order chi connectivity index (χ0) is 23.2. The summed E-state index contributed by atoms with van der Waals surface area (Å²) < 4.78 is 27.5. The molecule has 0 spiro atoms. The van der Waals surface area contributed by atoms with E-state index in [1.165, 1.54) is 36.0 Å². The average molecular weight is 458 g/mol. The summed E-state index contributed by atoms with van der Waals surface area (Å²) in [6.07, 6.45) is 3.20. The molecule has 0 saturated heterocycles. The van der Waals surface area contributed by atoms with Crippen molar-refractivity contribution in [3.8, 4) is 0 Å². The molecule has 3 heterocycles. The van der Waals surface area contributed by atoms with Crippen molar-refractivity contribution in [3.05, 3.63) is 89.0 Å². The summed E-state index contributed by atoms with van der Waals surface area (Å²) in [7, 11) is -2.50. The van der Waals surface area contributed by atoms with E-state index >= 15 is 0 Å². The second-order valence-corrected chi connectivity index (χ2v) is 9.59. The molecule has 0 saturated carbocycles. The highest BCUT2D eigenvalue weighted by atomic mass is 32.2. The summed E-state index contributed by atoms with van der Waals surface area (Å²) in [5, 5.41) is 4.54. The van der Waals surface area contributed by atoms with E-state index in [9.17, 15) is 13.2 Å². The van der Waals surface area contributed by atoms with Gasteiger partial charge < -0.3 is 5.32 Å². The topological polar surface area (TPSA) is 107 Å². The number of fused-ring (bicyclic) bond motifs is 2. The van der Waals surface area contributed by atoms with Gasteiger partial charge in [0.05, 0.1) is 16.1 Å². The number of pyridine rings is 2. The smallest absolute Gasteiger partial charge is 0.271 e. The lowest BCUT2D eigenvalue weighted by Crippen LogP contribution is -2.25. The highest BCUT2D eigenvalue weighted by molar-refractivity contribution is 7.91. The van der Waals surface area contributed by atoms with E-state index in [1.807, 2.05) is 37.3 Å². The Morgan fingerprint density at radius 1 is 0.939 bits per heavy atom. The van der Waals surface area contributed by atoms with Gasteiger partial charge in [0.25, 0.3) is 5.56 Å². The van der Waals surface area contributed by atoms with Gasteiger partial charge in [0, 0.05) is 30.2 Å². The van der Waals surface area contributed by atoms with Gasteiger partial charge in [0.1, 0.15) is 10.5 Å². The number of anilines is 2. The molecule has 0 unspecified atom stereocenters. The molecule has 0 aliphatic carbocycles. The number of hydrogen-bond donors (Lipinski definition) is 1.